The maximum atomic E-state index is 11.9. The van der Waals surface area contributed by atoms with Gasteiger partial charge in [-0.3, -0.25) is 0 Å². The van der Waals surface area contributed by atoms with Crippen LogP contribution in [-0.4, -0.2) is 25.7 Å². The minimum Gasteiger partial charge on any atom is -0.465 e. The van der Waals surface area contributed by atoms with Crippen molar-refractivity contribution in [1.82, 2.24) is 0 Å². The molecule has 0 spiro atoms. The molecular formula is C19H17BrO4. The summed E-state index contributed by atoms with van der Waals surface area (Å²) in [7, 11) is 1.32. The van der Waals surface area contributed by atoms with Gasteiger partial charge in [0.05, 0.1) is 19.3 Å². The van der Waals surface area contributed by atoms with Gasteiger partial charge in [0.1, 0.15) is 0 Å². The van der Waals surface area contributed by atoms with E-state index in [0.717, 1.165) is 15.6 Å². The second-order valence-electron chi connectivity index (χ2n) is 4.89. The van der Waals surface area contributed by atoms with Crippen LogP contribution in [0.25, 0.3) is 17.2 Å². The first-order valence-electron chi connectivity index (χ1n) is 7.38. The summed E-state index contributed by atoms with van der Waals surface area (Å²) in [5.41, 5.74) is 2.91. The number of rotatable bonds is 5. The minimum atomic E-state index is -0.458. The summed E-state index contributed by atoms with van der Waals surface area (Å²) in [5, 5.41) is 0. The van der Waals surface area contributed by atoms with E-state index >= 15 is 0 Å². The van der Waals surface area contributed by atoms with Crippen molar-refractivity contribution in [2.45, 2.75) is 6.92 Å². The van der Waals surface area contributed by atoms with Crippen molar-refractivity contribution < 1.29 is 19.1 Å². The fraction of sp³-hybridized carbons (Fsp3) is 0.158. The van der Waals surface area contributed by atoms with Gasteiger partial charge in [0.2, 0.25) is 0 Å². The van der Waals surface area contributed by atoms with Crippen LogP contribution >= 0.6 is 15.9 Å². The van der Waals surface area contributed by atoms with Gasteiger partial charge in [-0.2, -0.15) is 0 Å². The summed E-state index contributed by atoms with van der Waals surface area (Å²) in [6.07, 6.45) is 2.86. The Kier molecular flexibility index (Phi) is 6.32. The van der Waals surface area contributed by atoms with Gasteiger partial charge in [-0.05, 0) is 54.0 Å². The van der Waals surface area contributed by atoms with Crippen LogP contribution in [0, 0.1) is 0 Å². The minimum absolute atomic E-state index is 0.298. The van der Waals surface area contributed by atoms with Gasteiger partial charge in [-0.15, -0.1) is 0 Å². The van der Waals surface area contributed by atoms with Crippen LogP contribution in [0.15, 0.2) is 53.0 Å². The first-order chi connectivity index (χ1) is 11.5. The predicted molar refractivity (Wildman–Crippen MR) is 96.6 cm³/mol. The van der Waals surface area contributed by atoms with E-state index in [1.165, 1.54) is 13.2 Å². The van der Waals surface area contributed by atoms with Crippen LogP contribution in [0.2, 0.25) is 0 Å². The first kappa shape index (κ1) is 17.9. The van der Waals surface area contributed by atoms with Gasteiger partial charge in [0, 0.05) is 10.5 Å². The number of hydrogen-bond donors (Lipinski definition) is 0. The lowest BCUT2D eigenvalue weighted by molar-refractivity contribution is -0.137. The Bertz CT molecular complexity index is 763. The maximum Gasteiger partial charge on any atom is 0.338 e. The predicted octanol–water partition coefficient (Wildman–Crippen LogP) is 4.48. The molecule has 2 aromatic rings. The standard InChI is InChI=1S/C19H17BrO4/c1-3-24-18(21)11-7-15-12-14(6-10-17(15)19(22)23-2)13-4-8-16(20)9-5-13/h4-12H,3H2,1-2H3/b11-7+. The highest BCUT2D eigenvalue weighted by Gasteiger charge is 2.12. The smallest absolute Gasteiger partial charge is 0.338 e. The Morgan fingerprint density at radius 2 is 1.75 bits per heavy atom. The summed E-state index contributed by atoms with van der Waals surface area (Å²) in [5.74, 6) is -0.914. The largest absolute Gasteiger partial charge is 0.465 e. The Balaban J connectivity index is 2.43. The van der Waals surface area contributed by atoms with Crippen molar-refractivity contribution in [1.29, 1.82) is 0 Å². The van der Waals surface area contributed by atoms with Crippen LogP contribution in [0.1, 0.15) is 22.8 Å². The number of esters is 2. The fourth-order valence-electron chi connectivity index (χ4n) is 2.17. The van der Waals surface area contributed by atoms with Crippen LogP contribution in [0.4, 0.5) is 0 Å². The molecule has 0 radical (unpaired) electrons. The molecule has 124 valence electrons. The zero-order chi connectivity index (χ0) is 17.5. The van der Waals surface area contributed by atoms with E-state index in [2.05, 4.69) is 15.9 Å². The number of hydrogen-bond acceptors (Lipinski definition) is 4. The average molecular weight is 389 g/mol. The molecule has 0 saturated carbocycles. The lowest BCUT2D eigenvalue weighted by atomic mass is 9.99. The van der Waals surface area contributed by atoms with Crippen molar-refractivity contribution in [3.63, 3.8) is 0 Å². The molecule has 0 aliphatic rings. The number of ether oxygens (including phenoxy) is 2. The van der Waals surface area contributed by atoms with Crippen molar-refractivity contribution in [3.05, 3.63) is 64.1 Å². The third-order valence-electron chi connectivity index (χ3n) is 3.32. The van der Waals surface area contributed by atoms with Gasteiger partial charge in [0.15, 0.2) is 0 Å². The van der Waals surface area contributed by atoms with Crippen molar-refractivity contribution in [3.8, 4) is 11.1 Å². The zero-order valence-corrected chi connectivity index (χ0v) is 15.0. The summed E-state index contributed by atoms with van der Waals surface area (Å²) >= 11 is 3.40. The monoisotopic (exact) mass is 388 g/mol. The Hall–Kier alpha value is -2.40. The van der Waals surface area contributed by atoms with E-state index in [1.807, 2.05) is 36.4 Å². The molecule has 5 heteroatoms. The molecule has 2 rings (SSSR count). The highest BCUT2D eigenvalue weighted by molar-refractivity contribution is 9.10. The van der Waals surface area contributed by atoms with Gasteiger partial charge in [-0.1, -0.05) is 34.1 Å². The van der Waals surface area contributed by atoms with Crippen molar-refractivity contribution in [2.75, 3.05) is 13.7 Å². The third kappa shape index (κ3) is 4.55. The molecule has 0 aliphatic carbocycles. The van der Waals surface area contributed by atoms with E-state index < -0.39 is 11.9 Å². The number of carbonyl (C=O) groups is 2. The molecule has 0 unspecified atom stereocenters. The summed E-state index contributed by atoms with van der Waals surface area (Å²) in [4.78, 5) is 23.4. The molecule has 0 N–H and O–H groups in total. The van der Waals surface area contributed by atoms with Crippen molar-refractivity contribution in [2.24, 2.45) is 0 Å². The molecule has 24 heavy (non-hydrogen) atoms. The molecular weight excluding hydrogens is 372 g/mol. The zero-order valence-electron chi connectivity index (χ0n) is 13.4. The SMILES string of the molecule is CCOC(=O)/C=C/c1cc(-c2ccc(Br)cc2)ccc1C(=O)OC. The van der Waals surface area contributed by atoms with Crippen molar-refractivity contribution >= 4 is 33.9 Å². The molecule has 0 bridgehead atoms. The van der Waals surface area contributed by atoms with E-state index in [4.69, 9.17) is 9.47 Å². The van der Waals surface area contributed by atoms with Crippen LogP contribution < -0.4 is 0 Å². The number of methoxy groups -OCH3 is 1. The topological polar surface area (TPSA) is 52.6 Å². The highest BCUT2D eigenvalue weighted by Crippen LogP contribution is 2.25. The van der Waals surface area contributed by atoms with E-state index in [9.17, 15) is 9.59 Å². The van der Waals surface area contributed by atoms with Crippen LogP contribution in [0.3, 0.4) is 0 Å². The highest BCUT2D eigenvalue weighted by atomic mass is 79.9. The van der Waals surface area contributed by atoms with E-state index in [0.29, 0.717) is 17.7 Å². The molecule has 0 amide bonds. The third-order valence-corrected chi connectivity index (χ3v) is 3.85. The van der Waals surface area contributed by atoms with Crippen LogP contribution in [-0.2, 0) is 14.3 Å². The summed E-state index contributed by atoms with van der Waals surface area (Å²) in [6, 6.07) is 13.2. The van der Waals surface area contributed by atoms with Gasteiger partial charge in [0.25, 0.3) is 0 Å². The molecule has 0 heterocycles. The number of benzene rings is 2. The quantitative estimate of drug-likeness (QED) is 0.559. The molecule has 0 fully saturated rings. The average Bonchev–Trinajstić information content (AvgIpc) is 2.60. The number of halogens is 1. The maximum absolute atomic E-state index is 11.9. The van der Waals surface area contributed by atoms with Gasteiger partial charge in [-0.25, -0.2) is 9.59 Å². The lowest BCUT2D eigenvalue weighted by Gasteiger charge is -2.08. The molecule has 0 saturated heterocycles. The van der Waals surface area contributed by atoms with Gasteiger partial charge >= 0.3 is 11.9 Å². The Labute approximate surface area is 149 Å². The Morgan fingerprint density at radius 1 is 1.08 bits per heavy atom. The molecule has 2 aromatic carbocycles. The van der Waals surface area contributed by atoms with E-state index in [-0.39, 0.29) is 0 Å². The normalized spacial score (nSPS) is 10.6. The molecule has 4 nitrogen and oxygen atoms in total. The van der Waals surface area contributed by atoms with E-state index in [1.54, 1.807) is 19.1 Å². The van der Waals surface area contributed by atoms with Gasteiger partial charge < -0.3 is 9.47 Å². The van der Waals surface area contributed by atoms with Crippen LogP contribution in [0.5, 0.6) is 0 Å². The second-order valence-corrected chi connectivity index (χ2v) is 5.80. The summed E-state index contributed by atoms with van der Waals surface area (Å²) in [6.45, 7) is 2.03. The molecule has 0 atom stereocenters. The second kappa shape index (κ2) is 8.45. The molecule has 0 aromatic heterocycles. The number of carbonyl (C=O) groups excluding carboxylic acids is 2. The fourth-order valence-corrected chi connectivity index (χ4v) is 2.43. The first-order valence-corrected chi connectivity index (χ1v) is 8.17. The molecule has 0 aliphatic heterocycles. The Morgan fingerprint density at radius 3 is 2.38 bits per heavy atom. The lowest BCUT2D eigenvalue weighted by Crippen LogP contribution is -2.04. The summed E-state index contributed by atoms with van der Waals surface area (Å²) < 4.78 is 10.7.